The zero-order valence-corrected chi connectivity index (χ0v) is 8.40. The molecule has 78 valence electrons. The van der Waals surface area contributed by atoms with Gasteiger partial charge in [0.25, 0.3) is 0 Å². The van der Waals surface area contributed by atoms with Crippen LogP contribution in [0.5, 0.6) is 5.75 Å². The first kappa shape index (κ1) is 9.58. The molecule has 0 amide bonds. The van der Waals surface area contributed by atoms with Crippen LogP contribution in [0.15, 0.2) is 28.9 Å². The van der Waals surface area contributed by atoms with Crippen molar-refractivity contribution in [2.75, 3.05) is 5.73 Å². The van der Waals surface area contributed by atoms with Crippen molar-refractivity contribution >= 4 is 5.88 Å². The normalized spacial score (nSPS) is 10.5. The van der Waals surface area contributed by atoms with Gasteiger partial charge >= 0.3 is 0 Å². The highest BCUT2D eigenvalue weighted by molar-refractivity contribution is 5.77. The van der Waals surface area contributed by atoms with Gasteiger partial charge < -0.3 is 15.4 Å². The Morgan fingerprint density at radius 2 is 2.20 bits per heavy atom. The van der Waals surface area contributed by atoms with Crippen LogP contribution in [0, 0.1) is 0 Å². The van der Waals surface area contributed by atoms with E-state index in [1.54, 1.807) is 6.07 Å². The van der Waals surface area contributed by atoms with Crippen molar-refractivity contribution in [1.82, 2.24) is 5.16 Å². The molecule has 2 aromatic rings. The lowest BCUT2D eigenvalue weighted by molar-refractivity contribution is 0.436. The molecule has 3 N–H and O–H groups in total. The third-order valence-electron chi connectivity index (χ3n) is 2.36. The van der Waals surface area contributed by atoms with Crippen LogP contribution in [-0.4, -0.2) is 10.3 Å². The van der Waals surface area contributed by atoms with Crippen molar-refractivity contribution in [1.29, 1.82) is 0 Å². The lowest BCUT2D eigenvalue weighted by Gasteiger charge is -2.04. The van der Waals surface area contributed by atoms with Gasteiger partial charge in [0.1, 0.15) is 5.75 Å². The van der Waals surface area contributed by atoms with E-state index in [9.17, 15) is 5.11 Å². The predicted octanol–water partition coefficient (Wildman–Crippen LogP) is 2.19. The van der Waals surface area contributed by atoms with Gasteiger partial charge in [-0.3, -0.25) is 0 Å². The number of nitrogen functional groups attached to an aromatic ring is 1. The van der Waals surface area contributed by atoms with E-state index in [0.29, 0.717) is 11.1 Å². The van der Waals surface area contributed by atoms with Crippen LogP contribution >= 0.6 is 0 Å². The molecular weight excluding hydrogens is 192 g/mol. The summed E-state index contributed by atoms with van der Waals surface area (Å²) >= 11 is 0. The van der Waals surface area contributed by atoms with Crippen molar-refractivity contribution in [3.63, 3.8) is 0 Å². The lowest BCUT2D eigenvalue weighted by atomic mass is 10.0. The fourth-order valence-electron chi connectivity index (χ4n) is 1.47. The number of phenols is 1. The van der Waals surface area contributed by atoms with E-state index in [2.05, 4.69) is 5.16 Å². The van der Waals surface area contributed by atoms with Crippen LogP contribution < -0.4 is 5.73 Å². The maximum absolute atomic E-state index is 9.70. The van der Waals surface area contributed by atoms with Crippen LogP contribution in [0.3, 0.4) is 0 Å². The van der Waals surface area contributed by atoms with Gasteiger partial charge in [0.2, 0.25) is 5.88 Å². The topological polar surface area (TPSA) is 72.3 Å². The molecule has 0 radical (unpaired) electrons. The average molecular weight is 204 g/mol. The predicted molar refractivity (Wildman–Crippen MR) is 57.4 cm³/mol. The monoisotopic (exact) mass is 204 g/mol. The highest BCUT2D eigenvalue weighted by atomic mass is 16.5. The SMILES string of the molecule is CCc1ccc(O)c(-c2cnoc2N)c1. The molecule has 4 nitrogen and oxygen atoms in total. The van der Waals surface area contributed by atoms with E-state index in [4.69, 9.17) is 10.3 Å². The molecule has 0 saturated heterocycles. The molecule has 1 aromatic heterocycles. The van der Waals surface area contributed by atoms with Crippen molar-refractivity contribution in [3.05, 3.63) is 30.0 Å². The molecule has 15 heavy (non-hydrogen) atoms. The third kappa shape index (κ3) is 1.66. The molecule has 0 aliphatic heterocycles. The Labute approximate surface area is 87.3 Å². The minimum atomic E-state index is 0.183. The van der Waals surface area contributed by atoms with Gasteiger partial charge in [-0.1, -0.05) is 18.1 Å². The molecule has 0 aliphatic rings. The van der Waals surface area contributed by atoms with Crippen molar-refractivity contribution in [3.8, 4) is 16.9 Å². The van der Waals surface area contributed by atoms with Gasteiger partial charge in [-0.05, 0) is 24.1 Å². The second-order valence-corrected chi connectivity index (χ2v) is 3.31. The van der Waals surface area contributed by atoms with Gasteiger partial charge in [0.05, 0.1) is 11.8 Å². The number of phenolic OH excluding ortho intramolecular Hbond substituents is 1. The summed E-state index contributed by atoms with van der Waals surface area (Å²) in [6, 6.07) is 5.42. The fraction of sp³-hybridized carbons (Fsp3) is 0.182. The average Bonchev–Trinajstić information content (AvgIpc) is 2.65. The number of anilines is 1. The first-order valence-corrected chi connectivity index (χ1v) is 4.74. The summed E-state index contributed by atoms with van der Waals surface area (Å²) < 4.78 is 4.76. The molecule has 0 saturated carbocycles. The highest BCUT2D eigenvalue weighted by Gasteiger charge is 2.11. The fourth-order valence-corrected chi connectivity index (χ4v) is 1.47. The summed E-state index contributed by atoms with van der Waals surface area (Å²) in [5.41, 5.74) is 8.01. The number of hydrogen-bond donors (Lipinski definition) is 2. The summed E-state index contributed by atoms with van der Waals surface area (Å²) in [6.07, 6.45) is 2.41. The van der Waals surface area contributed by atoms with Crippen LogP contribution in [0.2, 0.25) is 0 Å². The molecule has 0 bridgehead atoms. The van der Waals surface area contributed by atoms with Crippen LogP contribution in [-0.2, 0) is 6.42 Å². The summed E-state index contributed by atoms with van der Waals surface area (Å²) in [7, 11) is 0. The molecule has 1 aromatic carbocycles. The van der Waals surface area contributed by atoms with E-state index in [-0.39, 0.29) is 11.6 Å². The number of aromatic hydroxyl groups is 1. The Morgan fingerprint density at radius 3 is 2.80 bits per heavy atom. The molecular formula is C11H12N2O2. The van der Waals surface area contributed by atoms with Gasteiger partial charge in [0, 0.05) is 5.56 Å². The maximum atomic E-state index is 9.70. The summed E-state index contributed by atoms with van der Waals surface area (Å²) in [5.74, 6) is 0.403. The summed E-state index contributed by atoms with van der Waals surface area (Å²) in [6.45, 7) is 2.05. The molecule has 1 heterocycles. The van der Waals surface area contributed by atoms with Crippen molar-refractivity contribution in [2.45, 2.75) is 13.3 Å². The minimum Gasteiger partial charge on any atom is -0.507 e. The van der Waals surface area contributed by atoms with Gasteiger partial charge in [-0.2, -0.15) is 0 Å². The van der Waals surface area contributed by atoms with Crippen molar-refractivity contribution < 1.29 is 9.63 Å². The molecule has 0 spiro atoms. The number of nitrogens with zero attached hydrogens (tertiary/aromatic N) is 1. The molecule has 2 rings (SSSR count). The van der Waals surface area contributed by atoms with Gasteiger partial charge in [-0.15, -0.1) is 0 Å². The van der Waals surface area contributed by atoms with Crippen LogP contribution in [0.25, 0.3) is 11.1 Å². The second kappa shape index (κ2) is 3.65. The summed E-state index contributed by atoms with van der Waals surface area (Å²) in [5, 5.41) is 13.3. The molecule has 0 atom stereocenters. The van der Waals surface area contributed by atoms with E-state index < -0.39 is 0 Å². The molecule has 0 aliphatic carbocycles. The number of aryl methyl sites for hydroxylation is 1. The Hall–Kier alpha value is -1.97. The minimum absolute atomic E-state index is 0.183. The highest BCUT2D eigenvalue weighted by Crippen LogP contribution is 2.33. The number of aromatic nitrogens is 1. The number of nitrogens with two attached hydrogens (primary N) is 1. The third-order valence-corrected chi connectivity index (χ3v) is 2.36. The van der Waals surface area contributed by atoms with E-state index in [0.717, 1.165) is 12.0 Å². The first-order chi connectivity index (χ1) is 7.22. The Bertz CT molecular complexity index is 477. The Balaban J connectivity index is 2.56. The molecule has 0 fully saturated rings. The number of hydrogen-bond acceptors (Lipinski definition) is 4. The lowest BCUT2D eigenvalue weighted by Crippen LogP contribution is -1.87. The zero-order valence-electron chi connectivity index (χ0n) is 8.40. The molecule has 0 unspecified atom stereocenters. The van der Waals surface area contributed by atoms with Gasteiger partial charge in [0.15, 0.2) is 0 Å². The molecule has 4 heteroatoms. The van der Waals surface area contributed by atoms with Crippen LogP contribution in [0.1, 0.15) is 12.5 Å². The smallest absolute Gasteiger partial charge is 0.230 e. The van der Waals surface area contributed by atoms with Crippen LogP contribution in [0.4, 0.5) is 5.88 Å². The zero-order chi connectivity index (χ0) is 10.8. The van der Waals surface area contributed by atoms with Crippen molar-refractivity contribution in [2.24, 2.45) is 0 Å². The Kier molecular flexibility index (Phi) is 2.33. The summed E-state index contributed by atoms with van der Waals surface area (Å²) in [4.78, 5) is 0. The van der Waals surface area contributed by atoms with E-state index in [1.807, 2.05) is 19.1 Å². The first-order valence-electron chi connectivity index (χ1n) is 4.74. The second-order valence-electron chi connectivity index (χ2n) is 3.31. The van der Waals surface area contributed by atoms with Gasteiger partial charge in [-0.25, -0.2) is 0 Å². The van der Waals surface area contributed by atoms with E-state index in [1.165, 1.54) is 6.20 Å². The quantitative estimate of drug-likeness (QED) is 0.786. The largest absolute Gasteiger partial charge is 0.507 e. The number of rotatable bonds is 2. The standard InChI is InChI=1S/C11H12N2O2/c1-2-7-3-4-10(14)8(5-7)9-6-13-15-11(9)12/h3-6,14H,2,12H2,1H3. The number of benzene rings is 1. The maximum Gasteiger partial charge on any atom is 0.230 e. The Morgan fingerprint density at radius 1 is 1.40 bits per heavy atom. The van der Waals surface area contributed by atoms with E-state index >= 15 is 0 Å².